The minimum absolute atomic E-state index is 0.0916. The molecular weight excluding hydrogens is 377 g/mol. The Hall–Kier alpha value is -2.08. The third kappa shape index (κ3) is 3.17. The summed E-state index contributed by atoms with van der Waals surface area (Å²) in [5.74, 6) is 1.26. The van der Waals surface area contributed by atoms with Gasteiger partial charge in [-0.15, -0.1) is 11.3 Å². The van der Waals surface area contributed by atoms with E-state index in [-0.39, 0.29) is 29.3 Å². The van der Waals surface area contributed by atoms with Crippen LogP contribution < -0.4 is 0 Å². The Morgan fingerprint density at radius 3 is 2.29 bits per heavy atom. The van der Waals surface area contributed by atoms with Gasteiger partial charge < -0.3 is 4.74 Å². The molecule has 4 saturated carbocycles. The lowest BCUT2D eigenvalue weighted by atomic mass is 9.48. The van der Waals surface area contributed by atoms with Gasteiger partial charge in [-0.05, 0) is 80.5 Å². The number of benzene rings is 1. The van der Waals surface area contributed by atoms with Crippen LogP contribution in [0.4, 0.5) is 4.39 Å². The lowest BCUT2D eigenvalue weighted by Crippen LogP contribution is -2.51. The van der Waals surface area contributed by atoms with Crippen LogP contribution in [0.25, 0.3) is 10.6 Å². The SMILES string of the molecule is O=C(OCC(=O)C12CC3CC(CC(C3)C1)C2)c1csc(-c2ccc(F)cc2)n1. The molecule has 4 bridgehead atoms. The first-order valence-corrected chi connectivity index (χ1v) is 10.8. The number of aromatic nitrogens is 1. The number of thiazole rings is 1. The van der Waals surface area contributed by atoms with E-state index >= 15 is 0 Å². The molecule has 0 saturated heterocycles. The zero-order valence-electron chi connectivity index (χ0n) is 15.5. The van der Waals surface area contributed by atoms with E-state index in [4.69, 9.17) is 4.74 Å². The minimum atomic E-state index is -0.567. The molecule has 4 aliphatic carbocycles. The van der Waals surface area contributed by atoms with Crippen molar-refractivity contribution in [1.82, 2.24) is 4.98 Å². The van der Waals surface area contributed by atoms with Gasteiger partial charge in [-0.3, -0.25) is 4.79 Å². The quantitative estimate of drug-likeness (QED) is 0.672. The molecule has 0 N–H and O–H groups in total. The Labute approximate surface area is 167 Å². The molecule has 0 aliphatic heterocycles. The van der Waals surface area contributed by atoms with Crippen molar-refractivity contribution in [3.63, 3.8) is 0 Å². The Bertz CT molecular complexity index is 885. The third-order valence-corrected chi connectivity index (χ3v) is 7.66. The van der Waals surface area contributed by atoms with Gasteiger partial charge in [0.2, 0.25) is 0 Å². The maximum atomic E-state index is 13.1. The first-order valence-electron chi connectivity index (χ1n) is 9.93. The minimum Gasteiger partial charge on any atom is -0.453 e. The van der Waals surface area contributed by atoms with Crippen LogP contribution in [-0.2, 0) is 9.53 Å². The van der Waals surface area contributed by atoms with E-state index in [1.165, 1.54) is 42.7 Å². The van der Waals surface area contributed by atoms with E-state index in [0.29, 0.717) is 22.8 Å². The number of ether oxygens (including phenoxy) is 1. The zero-order valence-corrected chi connectivity index (χ0v) is 16.3. The fourth-order valence-electron chi connectivity index (χ4n) is 5.90. The number of rotatable bonds is 5. The summed E-state index contributed by atoms with van der Waals surface area (Å²) in [6.45, 7) is -0.158. The van der Waals surface area contributed by atoms with Crippen LogP contribution in [-0.4, -0.2) is 23.3 Å². The molecule has 1 aromatic carbocycles. The van der Waals surface area contributed by atoms with Crippen LogP contribution in [0, 0.1) is 29.0 Å². The fourth-order valence-corrected chi connectivity index (χ4v) is 6.70. The second-order valence-corrected chi connectivity index (χ2v) is 9.60. The molecule has 4 aliphatic rings. The Morgan fingerprint density at radius 1 is 1.07 bits per heavy atom. The molecular formula is C22H22FNO3S. The van der Waals surface area contributed by atoms with Crippen LogP contribution in [0.2, 0.25) is 0 Å². The van der Waals surface area contributed by atoms with Crippen LogP contribution in [0.1, 0.15) is 49.0 Å². The molecule has 28 heavy (non-hydrogen) atoms. The van der Waals surface area contributed by atoms with E-state index in [0.717, 1.165) is 24.8 Å². The van der Waals surface area contributed by atoms with Crippen molar-refractivity contribution in [3.8, 4) is 10.6 Å². The van der Waals surface area contributed by atoms with Crippen molar-refractivity contribution in [1.29, 1.82) is 0 Å². The second-order valence-electron chi connectivity index (χ2n) is 8.74. The van der Waals surface area contributed by atoms with E-state index in [1.54, 1.807) is 17.5 Å². The summed E-state index contributed by atoms with van der Waals surface area (Å²) in [5, 5.41) is 2.25. The van der Waals surface area contributed by atoms with Gasteiger partial charge in [0.1, 0.15) is 10.8 Å². The highest BCUT2D eigenvalue weighted by atomic mass is 32.1. The van der Waals surface area contributed by atoms with Crippen molar-refractivity contribution in [2.45, 2.75) is 38.5 Å². The van der Waals surface area contributed by atoms with Crippen molar-refractivity contribution in [2.75, 3.05) is 6.61 Å². The van der Waals surface area contributed by atoms with Gasteiger partial charge in [0.25, 0.3) is 0 Å². The number of carbonyl (C=O) groups excluding carboxylic acids is 2. The summed E-state index contributed by atoms with van der Waals surface area (Å²) in [6.07, 6.45) is 6.74. The Morgan fingerprint density at radius 2 is 1.68 bits per heavy atom. The molecule has 0 atom stereocenters. The third-order valence-electron chi connectivity index (χ3n) is 6.77. The highest BCUT2D eigenvalue weighted by Gasteiger charge is 2.54. The largest absolute Gasteiger partial charge is 0.453 e. The fraction of sp³-hybridized carbons (Fsp3) is 0.500. The normalized spacial score (nSPS) is 30.4. The van der Waals surface area contributed by atoms with Crippen molar-refractivity contribution in [2.24, 2.45) is 23.2 Å². The Balaban J connectivity index is 1.23. The predicted octanol–water partition coefficient (Wildman–Crippen LogP) is 4.89. The molecule has 6 heteroatoms. The lowest BCUT2D eigenvalue weighted by molar-refractivity contribution is -0.147. The zero-order chi connectivity index (χ0) is 19.3. The summed E-state index contributed by atoms with van der Waals surface area (Å²) in [6, 6.07) is 5.97. The average Bonchev–Trinajstić information content (AvgIpc) is 3.15. The molecule has 4 nitrogen and oxygen atoms in total. The highest BCUT2D eigenvalue weighted by Crippen LogP contribution is 2.60. The van der Waals surface area contributed by atoms with Gasteiger partial charge in [-0.2, -0.15) is 0 Å². The van der Waals surface area contributed by atoms with Gasteiger partial charge in [-0.25, -0.2) is 14.2 Å². The molecule has 0 radical (unpaired) electrons. The first-order chi connectivity index (χ1) is 13.5. The van der Waals surface area contributed by atoms with E-state index in [2.05, 4.69) is 4.98 Å². The summed E-state index contributed by atoms with van der Waals surface area (Å²) in [5.41, 5.74) is 0.689. The topological polar surface area (TPSA) is 56.3 Å². The number of halogens is 1. The molecule has 0 spiro atoms. The number of nitrogens with zero attached hydrogens (tertiary/aromatic N) is 1. The van der Waals surface area contributed by atoms with Crippen molar-refractivity contribution >= 4 is 23.1 Å². The number of Topliss-reactive ketones (excluding diaryl/α,β-unsaturated/α-hetero) is 1. The molecule has 1 heterocycles. The molecule has 0 amide bonds. The van der Waals surface area contributed by atoms with Crippen molar-refractivity contribution < 1.29 is 18.7 Å². The smallest absolute Gasteiger partial charge is 0.358 e. The van der Waals surface area contributed by atoms with Gasteiger partial charge in [0, 0.05) is 16.4 Å². The van der Waals surface area contributed by atoms with Gasteiger partial charge in [0.05, 0.1) is 0 Å². The second kappa shape index (κ2) is 6.76. The number of ketones is 1. The molecule has 1 aromatic heterocycles. The van der Waals surface area contributed by atoms with Crippen molar-refractivity contribution in [3.05, 3.63) is 41.2 Å². The number of hydrogen-bond acceptors (Lipinski definition) is 5. The lowest BCUT2D eigenvalue weighted by Gasteiger charge is -2.55. The van der Waals surface area contributed by atoms with Gasteiger partial charge in [0.15, 0.2) is 18.1 Å². The molecule has 2 aromatic rings. The summed E-state index contributed by atoms with van der Waals surface area (Å²) in [4.78, 5) is 29.6. The summed E-state index contributed by atoms with van der Waals surface area (Å²) >= 11 is 1.30. The van der Waals surface area contributed by atoms with Crippen LogP contribution in [0.3, 0.4) is 0 Å². The molecule has 6 rings (SSSR count). The standard InChI is InChI=1S/C22H22FNO3S/c23-17-3-1-16(2-4-17)20-24-18(12-28-20)21(26)27-11-19(25)22-8-13-5-14(9-22)7-15(6-13)10-22/h1-4,12-15H,5-11H2. The molecule has 0 unspecified atom stereocenters. The van der Waals surface area contributed by atoms with Crippen LogP contribution >= 0.6 is 11.3 Å². The first kappa shape index (κ1) is 18.0. The number of carbonyl (C=O) groups is 2. The van der Waals surface area contributed by atoms with Crippen LogP contribution in [0.5, 0.6) is 0 Å². The predicted molar refractivity (Wildman–Crippen MR) is 103 cm³/mol. The van der Waals surface area contributed by atoms with Gasteiger partial charge >= 0.3 is 5.97 Å². The molecule has 146 valence electrons. The van der Waals surface area contributed by atoms with E-state index < -0.39 is 5.97 Å². The maximum absolute atomic E-state index is 13.1. The number of hydrogen-bond donors (Lipinski definition) is 0. The van der Waals surface area contributed by atoms with E-state index in [9.17, 15) is 14.0 Å². The van der Waals surface area contributed by atoms with Gasteiger partial charge in [-0.1, -0.05) is 0 Å². The number of esters is 1. The highest BCUT2D eigenvalue weighted by molar-refractivity contribution is 7.13. The molecule has 4 fully saturated rings. The van der Waals surface area contributed by atoms with E-state index in [1.807, 2.05) is 0 Å². The average molecular weight is 399 g/mol. The summed E-state index contributed by atoms with van der Waals surface area (Å²) in [7, 11) is 0. The van der Waals surface area contributed by atoms with Crippen LogP contribution in [0.15, 0.2) is 29.6 Å². The summed E-state index contributed by atoms with van der Waals surface area (Å²) < 4.78 is 18.4. The Kier molecular flexibility index (Phi) is 4.34. The monoisotopic (exact) mass is 399 g/mol. The maximum Gasteiger partial charge on any atom is 0.358 e.